The first-order valence-corrected chi connectivity index (χ1v) is 5.42. The Bertz CT molecular complexity index is 310. The minimum atomic E-state index is 0.535. The fourth-order valence-electron chi connectivity index (χ4n) is 1.88. The van der Waals surface area contributed by atoms with Crippen molar-refractivity contribution in [2.75, 3.05) is 5.32 Å². The zero-order chi connectivity index (χ0) is 10.1. The summed E-state index contributed by atoms with van der Waals surface area (Å²) in [6, 6.07) is 4.32. The van der Waals surface area contributed by atoms with Gasteiger partial charge in [0, 0.05) is 6.04 Å². The van der Waals surface area contributed by atoms with Crippen LogP contribution in [-0.4, -0.2) is 11.0 Å². The maximum Gasteiger partial charge on any atom is 0.129 e. The van der Waals surface area contributed by atoms with Gasteiger partial charge < -0.3 is 5.32 Å². The van der Waals surface area contributed by atoms with Gasteiger partial charge >= 0.3 is 0 Å². The van der Waals surface area contributed by atoms with Crippen molar-refractivity contribution < 1.29 is 0 Å². The lowest BCUT2D eigenvalue weighted by Gasteiger charge is -2.14. The fraction of sp³-hybridized carbons (Fsp3) is 0.545. The summed E-state index contributed by atoms with van der Waals surface area (Å²) in [5.41, 5.74) is 1.06. The van der Waals surface area contributed by atoms with E-state index >= 15 is 0 Å². The summed E-state index contributed by atoms with van der Waals surface area (Å²) < 4.78 is 0. The van der Waals surface area contributed by atoms with Crippen molar-refractivity contribution in [2.45, 2.75) is 26.3 Å². The van der Waals surface area contributed by atoms with Crippen LogP contribution in [0.15, 0.2) is 18.3 Å². The summed E-state index contributed by atoms with van der Waals surface area (Å²) in [5.74, 6) is 1.70. The lowest BCUT2D eigenvalue weighted by atomic mass is 10.2. The van der Waals surface area contributed by atoms with Crippen LogP contribution < -0.4 is 5.32 Å². The molecule has 1 fully saturated rings. The Morgan fingerprint density at radius 3 is 2.79 bits per heavy atom. The lowest BCUT2D eigenvalue weighted by Crippen LogP contribution is -2.18. The topological polar surface area (TPSA) is 24.9 Å². The predicted octanol–water partition coefficient (Wildman–Crippen LogP) is 3.19. The fourth-order valence-corrected chi connectivity index (χ4v) is 1.99. The van der Waals surface area contributed by atoms with Gasteiger partial charge in [0.25, 0.3) is 0 Å². The zero-order valence-corrected chi connectivity index (χ0v) is 9.25. The Morgan fingerprint density at radius 1 is 1.57 bits per heavy atom. The molecular weight excluding hydrogens is 196 g/mol. The Balaban J connectivity index is 1.93. The van der Waals surface area contributed by atoms with Gasteiger partial charge in [0.2, 0.25) is 0 Å². The highest BCUT2D eigenvalue weighted by atomic mass is 35.5. The second-order valence-corrected chi connectivity index (χ2v) is 4.57. The van der Waals surface area contributed by atoms with Crippen molar-refractivity contribution in [3.05, 3.63) is 23.5 Å². The molecule has 1 aliphatic carbocycles. The number of aromatic nitrogens is 1. The van der Waals surface area contributed by atoms with Crippen LogP contribution in [0.4, 0.5) is 5.69 Å². The average Bonchev–Trinajstić information content (AvgIpc) is 2.87. The van der Waals surface area contributed by atoms with Gasteiger partial charge in [-0.05, 0) is 37.3 Å². The lowest BCUT2D eigenvalue weighted by molar-refractivity contribution is 0.645. The molecule has 3 heteroatoms. The van der Waals surface area contributed by atoms with Crippen molar-refractivity contribution in [1.82, 2.24) is 4.98 Å². The van der Waals surface area contributed by atoms with Crippen LogP contribution in [0, 0.1) is 11.8 Å². The maximum absolute atomic E-state index is 5.71. The van der Waals surface area contributed by atoms with E-state index in [4.69, 9.17) is 11.6 Å². The quantitative estimate of drug-likeness (QED) is 0.776. The highest BCUT2D eigenvalue weighted by Gasteiger charge is 2.37. The first-order valence-electron chi connectivity index (χ1n) is 5.05. The molecular formula is C11H15ClN2. The van der Waals surface area contributed by atoms with E-state index < -0.39 is 0 Å². The van der Waals surface area contributed by atoms with Gasteiger partial charge in [-0.3, -0.25) is 0 Å². The Labute approximate surface area is 89.7 Å². The molecule has 0 aromatic carbocycles. The number of nitrogens with one attached hydrogen (secondary N) is 1. The molecule has 1 saturated carbocycles. The molecule has 3 atom stereocenters. The van der Waals surface area contributed by atoms with Crippen LogP contribution in [0.25, 0.3) is 0 Å². The molecule has 1 aromatic heterocycles. The second-order valence-electron chi connectivity index (χ2n) is 4.18. The molecule has 0 spiro atoms. The predicted molar refractivity (Wildman–Crippen MR) is 59.6 cm³/mol. The smallest absolute Gasteiger partial charge is 0.129 e. The summed E-state index contributed by atoms with van der Waals surface area (Å²) in [5, 5.41) is 3.98. The van der Waals surface area contributed by atoms with Crippen LogP contribution in [-0.2, 0) is 0 Å². The van der Waals surface area contributed by atoms with E-state index in [2.05, 4.69) is 24.1 Å². The number of rotatable bonds is 3. The third-order valence-corrected chi connectivity index (χ3v) is 3.16. The molecule has 2 rings (SSSR count). The van der Waals surface area contributed by atoms with E-state index in [9.17, 15) is 0 Å². The molecule has 0 radical (unpaired) electrons. The standard InChI is InChI=1S/C11H15ClN2/c1-7-5-10(7)8(2)14-9-3-4-11(12)13-6-9/h3-4,6-8,10,14H,5H2,1-2H3. The van der Waals surface area contributed by atoms with Crippen LogP contribution in [0.3, 0.4) is 0 Å². The van der Waals surface area contributed by atoms with E-state index in [-0.39, 0.29) is 0 Å². The molecule has 0 aliphatic heterocycles. The summed E-state index contributed by atoms with van der Waals surface area (Å²) >= 11 is 5.71. The molecule has 0 saturated heterocycles. The van der Waals surface area contributed by atoms with Crippen molar-refractivity contribution in [2.24, 2.45) is 11.8 Å². The molecule has 3 unspecified atom stereocenters. The summed E-state index contributed by atoms with van der Waals surface area (Å²) in [6.45, 7) is 4.52. The second kappa shape index (κ2) is 3.77. The maximum atomic E-state index is 5.71. The van der Waals surface area contributed by atoms with Gasteiger partial charge in [0.1, 0.15) is 5.15 Å². The molecule has 1 aromatic rings. The first-order chi connectivity index (χ1) is 6.66. The molecule has 1 aliphatic rings. The van der Waals surface area contributed by atoms with Crippen LogP contribution >= 0.6 is 11.6 Å². The van der Waals surface area contributed by atoms with Gasteiger partial charge in [-0.2, -0.15) is 0 Å². The Hall–Kier alpha value is -0.760. The largest absolute Gasteiger partial charge is 0.381 e. The van der Waals surface area contributed by atoms with Gasteiger partial charge in [-0.25, -0.2) is 4.98 Å². The Morgan fingerprint density at radius 2 is 2.29 bits per heavy atom. The highest BCUT2D eigenvalue weighted by Crippen LogP contribution is 2.41. The van der Waals surface area contributed by atoms with Crippen molar-refractivity contribution in [3.63, 3.8) is 0 Å². The molecule has 1 N–H and O–H groups in total. The van der Waals surface area contributed by atoms with Crippen LogP contribution in [0.1, 0.15) is 20.3 Å². The Kier molecular flexibility index (Phi) is 2.64. The van der Waals surface area contributed by atoms with E-state index in [0.29, 0.717) is 11.2 Å². The van der Waals surface area contributed by atoms with Crippen LogP contribution in [0.2, 0.25) is 5.15 Å². The molecule has 1 heterocycles. The number of hydrogen-bond donors (Lipinski definition) is 1. The van der Waals surface area contributed by atoms with E-state index in [1.807, 2.05) is 12.1 Å². The number of anilines is 1. The third-order valence-electron chi connectivity index (χ3n) is 2.94. The normalized spacial score (nSPS) is 27.1. The van der Waals surface area contributed by atoms with Crippen molar-refractivity contribution in [3.8, 4) is 0 Å². The van der Waals surface area contributed by atoms with E-state index in [1.165, 1.54) is 6.42 Å². The van der Waals surface area contributed by atoms with Gasteiger partial charge in [0.05, 0.1) is 11.9 Å². The molecule has 0 bridgehead atoms. The number of halogens is 1. The van der Waals surface area contributed by atoms with Gasteiger partial charge in [-0.1, -0.05) is 18.5 Å². The SMILES string of the molecule is CC1CC1C(C)Nc1ccc(Cl)nc1. The van der Waals surface area contributed by atoms with Gasteiger partial charge in [0.15, 0.2) is 0 Å². The number of nitrogens with zero attached hydrogens (tertiary/aromatic N) is 1. The number of hydrogen-bond acceptors (Lipinski definition) is 2. The highest BCUT2D eigenvalue weighted by molar-refractivity contribution is 6.29. The summed E-state index contributed by atoms with van der Waals surface area (Å²) in [6.07, 6.45) is 3.13. The zero-order valence-electron chi connectivity index (χ0n) is 8.50. The first kappa shape index (κ1) is 9.78. The minimum Gasteiger partial charge on any atom is -0.381 e. The number of pyridine rings is 1. The minimum absolute atomic E-state index is 0.535. The summed E-state index contributed by atoms with van der Waals surface area (Å²) in [4.78, 5) is 4.03. The molecule has 0 amide bonds. The third kappa shape index (κ3) is 2.18. The van der Waals surface area contributed by atoms with E-state index in [1.54, 1.807) is 6.20 Å². The molecule has 76 valence electrons. The average molecular weight is 211 g/mol. The van der Waals surface area contributed by atoms with Gasteiger partial charge in [-0.15, -0.1) is 0 Å². The van der Waals surface area contributed by atoms with Crippen molar-refractivity contribution in [1.29, 1.82) is 0 Å². The monoisotopic (exact) mass is 210 g/mol. The van der Waals surface area contributed by atoms with Crippen molar-refractivity contribution >= 4 is 17.3 Å². The van der Waals surface area contributed by atoms with Crippen LogP contribution in [0.5, 0.6) is 0 Å². The molecule has 14 heavy (non-hydrogen) atoms. The summed E-state index contributed by atoms with van der Waals surface area (Å²) in [7, 11) is 0. The van der Waals surface area contributed by atoms with E-state index in [0.717, 1.165) is 17.5 Å². The molecule has 2 nitrogen and oxygen atoms in total.